The fourth-order valence-corrected chi connectivity index (χ4v) is 2.44. The molecular weight excluding hydrogens is 156 g/mol. The van der Waals surface area contributed by atoms with Gasteiger partial charge < -0.3 is 11.5 Å². The molecule has 0 spiro atoms. The van der Waals surface area contributed by atoms with E-state index in [2.05, 4.69) is 13.8 Å². The molecule has 2 nitrogen and oxygen atoms in total. The number of rotatable bonds is 1. The average Bonchev–Trinajstić information content (AvgIpc) is 1.99. The lowest BCUT2D eigenvalue weighted by Gasteiger charge is -2.29. The van der Waals surface area contributed by atoms with Crippen LogP contribution in [0, 0.1) is 5.92 Å². The van der Waals surface area contributed by atoms with Crippen molar-refractivity contribution in [3.63, 3.8) is 0 Å². The molecular formula is C8H16N2S. The van der Waals surface area contributed by atoms with Gasteiger partial charge in [0, 0.05) is 24.3 Å². The van der Waals surface area contributed by atoms with E-state index in [1.54, 1.807) is 0 Å². The first-order chi connectivity index (χ1) is 5.16. The van der Waals surface area contributed by atoms with E-state index in [4.69, 9.17) is 11.5 Å². The average molecular weight is 172 g/mol. The molecule has 0 aromatic rings. The van der Waals surface area contributed by atoms with E-state index in [0.29, 0.717) is 12.5 Å². The lowest BCUT2D eigenvalue weighted by atomic mass is 9.93. The van der Waals surface area contributed by atoms with E-state index < -0.39 is 0 Å². The highest BCUT2D eigenvalue weighted by Gasteiger charge is 2.23. The van der Waals surface area contributed by atoms with Crippen molar-refractivity contribution in [3.05, 3.63) is 10.5 Å². The SMILES string of the molecule is CC1=C(C)C(CN)C(N)CS1. The van der Waals surface area contributed by atoms with Crippen LogP contribution < -0.4 is 11.5 Å². The van der Waals surface area contributed by atoms with Crippen LogP contribution in [0.4, 0.5) is 0 Å². The molecule has 2 atom stereocenters. The van der Waals surface area contributed by atoms with Crippen LogP contribution in [0.1, 0.15) is 13.8 Å². The molecule has 0 aromatic carbocycles. The largest absolute Gasteiger partial charge is 0.330 e. The second kappa shape index (κ2) is 3.61. The first-order valence-corrected chi connectivity index (χ1v) is 4.91. The van der Waals surface area contributed by atoms with Crippen LogP contribution in [-0.4, -0.2) is 18.3 Å². The molecule has 4 N–H and O–H groups in total. The monoisotopic (exact) mass is 172 g/mol. The van der Waals surface area contributed by atoms with E-state index >= 15 is 0 Å². The highest BCUT2D eigenvalue weighted by Crippen LogP contribution is 2.31. The maximum Gasteiger partial charge on any atom is 0.0212 e. The van der Waals surface area contributed by atoms with Crippen molar-refractivity contribution < 1.29 is 0 Å². The van der Waals surface area contributed by atoms with Gasteiger partial charge in [-0.15, -0.1) is 11.8 Å². The van der Waals surface area contributed by atoms with Crippen molar-refractivity contribution in [1.82, 2.24) is 0 Å². The smallest absolute Gasteiger partial charge is 0.0212 e. The molecule has 2 unspecified atom stereocenters. The van der Waals surface area contributed by atoms with Gasteiger partial charge in [-0.25, -0.2) is 0 Å². The van der Waals surface area contributed by atoms with Gasteiger partial charge in [0.2, 0.25) is 0 Å². The zero-order valence-corrected chi connectivity index (χ0v) is 7.95. The summed E-state index contributed by atoms with van der Waals surface area (Å²) in [4.78, 5) is 1.40. The topological polar surface area (TPSA) is 52.0 Å². The van der Waals surface area contributed by atoms with Crippen molar-refractivity contribution in [2.45, 2.75) is 19.9 Å². The summed E-state index contributed by atoms with van der Waals surface area (Å²) < 4.78 is 0. The molecule has 0 aromatic heterocycles. The molecule has 1 aliphatic rings. The van der Waals surface area contributed by atoms with Crippen molar-refractivity contribution in [2.75, 3.05) is 12.3 Å². The third kappa shape index (κ3) is 1.78. The predicted molar refractivity (Wildman–Crippen MR) is 51.4 cm³/mol. The molecule has 1 aliphatic heterocycles. The van der Waals surface area contributed by atoms with Crippen molar-refractivity contribution in [3.8, 4) is 0 Å². The molecule has 1 heterocycles. The molecule has 0 saturated heterocycles. The van der Waals surface area contributed by atoms with Crippen LogP contribution in [0.5, 0.6) is 0 Å². The summed E-state index contributed by atoms with van der Waals surface area (Å²) in [5.74, 6) is 1.43. The third-order valence-electron chi connectivity index (χ3n) is 2.37. The summed E-state index contributed by atoms with van der Waals surface area (Å²) in [6, 6.07) is 0.258. The molecule has 64 valence electrons. The van der Waals surface area contributed by atoms with Crippen LogP contribution in [0.2, 0.25) is 0 Å². The molecule has 3 heteroatoms. The van der Waals surface area contributed by atoms with Gasteiger partial charge in [-0.05, 0) is 18.8 Å². The first kappa shape index (κ1) is 9.10. The standard InChI is InChI=1S/C8H16N2S/c1-5-6(2)11-4-8(10)7(5)3-9/h7-8H,3-4,9-10H2,1-2H3. The molecule has 11 heavy (non-hydrogen) atoms. The second-order valence-corrected chi connectivity index (χ2v) is 4.29. The van der Waals surface area contributed by atoms with Crippen molar-refractivity contribution in [1.29, 1.82) is 0 Å². The Morgan fingerprint density at radius 2 is 2.18 bits per heavy atom. The predicted octanol–water partition coefficient (Wildman–Crippen LogP) is 0.929. The maximum atomic E-state index is 5.91. The minimum absolute atomic E-state index is 0.258. The van der Waals surface area contributed by atoms with E-state index in [9.17, 15) is 0 Å². The highest BCUT2D eigenvalue weighted by molar-refractivity contribution is 8.03. The van der Waals surface area contributed by atoms with Gasteiger partial charge in [0.25, 0.3) is 0 Å². The minimum atomic E-state index is 0.258. The van der Waals surface area contributed by atoms with Crippen LogP contribution in [0.15, 0.2) is 10.5 Å². The Kier molecular flexibility index (Phi) is 2.98. The number of hydrogen-bond acceptors (Lipinski definition) is 3. The normalized spacial score (nSPS) is 32.7. The van der Waals surface area contributed by atoms with Gasteiger partial charge in [-0.3, -0.25) is 0 Å². The van der Waals surface area contributed by atoms with Crippen LogP contribution in [-0.2, 0) is 0 Å². The lowest BCUT2D eigenvalue weighted by Crippen LogP contribution is -2.40. The van der Waals surface area contributed by atoms with Gasteiger partial charge in [-0.2, -0.15) is 0 Å². The zero-order valence-electron chi connectivity index (χ0n) is 7.13. The maximum absolute atomic E-state index is 5.91. The van der Waals surface area contributed by atoms with Gasteiger partial charge in [0.05, 0.1) is 0 Å². The first-order valence-electron chi connectivity index (χ1n) is 3.92. The van der Waals surface area contributed by atoms with Gasteiger partial charge >= 0.3 is 0 Å². The molecule has 0 radical (unpaired) electrons. The Balaban J connectivity index is 2.78. The highest BCUT2D eigenvalue weighted by atomic mass is 32.2. The van der Waals surface area contributed by atoms with E-state index in [0.717, 1.165) is 5.75 Å². The Morgan fingerprint density at radius 3 is 2.64 bits per heavy atom. The number of allylic oxidation sites excluding steroid dienone is 1. The zero-order chi connectivity index (χ0) is 8.43. The molecule has 0 amide bonds. The second-order valence-electron chi connectivity index (χ2n) is 3.06. The molecule has 0 saturated carbocycles. The lowest BCUT2D eigenvalue weighted by molar-refractivity contribution is 0.518. The summed E-state index contributed by atoms with van der Waals surface area (Å²) >= 11 is 1.85. The summed E-state index contributed by atoms with van der Waals surface area (Å²) in [7, 11) is 0. The molecule has 0 fully saturated rings. The fourth-order valence-electron chi connectivity index (χ4n) is 1.38. The number of hydrogen-bond donors (Lipinski definition) is 2. The number of nitrogens with two attached hydrogens (primary N) is 2. The molecule has 0 bridgehead atoms. The Bertz CT molecular complexity index is 177. The summed E-state index contributed by atoms with van der Waals surface area (Å²) in [6.45, 7) is 4.97. The van der Waals surface area contributed by atoms with E-state index in [-0.39, 0.29) is 6.04 Å². The van der Waals surface area contributed by atoms with Crippen LogP contribution in [0.25, 0.3) is 0 Å². The Morgan fingerprint density at radius 1 is 1.55 bits per heavy atom. The van der Waals surface area contributed by atoms with Crippen LogP contribution in [0.3, 0.4) is 0 Å². The Hall–Kier alpha value is 0.0100. The van der Waals surface area contributed by atoms with Crippen LogP contribution >= 0.6 is 11.8 Å². The quantitative estimate of drug-likeness (QED) is 0.618. The fraction of sp³-hybridized carbons (Fsp3) is 0.750. The molecule has 0 aliphatic carbocycles. The number of thioether (sulfide) groups is 1. The van der Waals surface area contributed by atoms with E-state index in [1.165, 1.54) is 10.5 Å². The van der Waals surface area contributed by atoms with Crippen molar-refractivity contribution >= 4 is 11.8 Å². The van der Waals surface area contributed by atoms with Gasteiger partial charge in [0.1, 0.15) is 0 Å². The minimum Gasteiger partial charge on any atom is -0.330 e. The van der Waals surface area contributed by atoms with Crippen molar-refractivity contribution in [2.24, 2.45) is 17.4 Å². The van der Waals surface area contributed by atoms with E-state index in [1.807, 2.05) is 11.8 Å². The van der Waals surface area contributed by atoms with Gasteiger partial charge in [-0.1, -0.05) is 5.57 Å². The third-order valence-corrected chi connectivity index (χ3v) is 3.68. The summed E-state index contributed by atoms with van der Waals surface area (Å²) in [5, 5.41) is 0. The molecule has 1 rings (SSSR count). The van der Waals surface area contributed by atoms with Gasteiger partial charge in [0.15, 0.2) is 0 Å². The Labute approximate surface area is 72.4 Å². The summed E-state index contributed by atoms with van der Waals surface area (Å²) in [5.41, 5.74) is 12.9. The summed E-state index contributed by atoms with van der Waals surface area (Å²) in [6.07, 6.45) is 0.